The van der Waals surface area contributed by atoms with E-state index < -0.39 is 0 Å². The van der Waals surface area contributed by atoms with Crippen LogP contribution in [-0.2, 0) is 4.79 Å². The van der Waals surface area contributed by atoms with Crippen molar-refractivity contribution in [1.82, 2.24) is 5.32 Å². The maximum atomic E-state index is 10.1. The number of rotatable bonds is 2. The van der Waals surface area contributed by atoms with E-state index in [9.17, 15) is 4.79 Å². The second kappa shape index (κ2) is 3.72. The lowest BCUT2D eigenvalue weighted by Crippen LogP contribution is -2.20. The van der Waals surface area contributed by atoms with Crippen molar-refractivity contribution in [3.63, 3.8) is 0 Å². The molecule has 0 aromatic rings. The molecule has 0 bridgehead atoms. The molecule has 0 aliphatic heterocycles. The van der Waals surface area contributed by atoms with Gasteiger partial charge in [0.05, 0.1) is 0 Å². The van der Waals surface area contributed by atoms with Crippen molar-refractivity contribution in [2.75, 3.05) is 6.54 Å². The van der Waals surface area contributed by atoms with Crippen LogP contribution in [0, 0.1) is 0 Å². The fraction of sp³-hybridized carbons (Fsp3) is 0.750. The van der Waals surface area contributed by atoms with Crippen LogP contribution in [0.4, 0.5) is 0 Å². The van der Waals surface area contributed by atoms with Gasteiger partial charge >= 0.3 is 0 Å². The van der Waals surface area contributed by atoms with E-state index in [1.54, 1.807) is 0 Å². The molecule has 0 radical (unpaired) electrons. The molecule has 3 heteroatoms. The number of amides is 1. The average molecular weight is 98.9 g/mol. The van der Waals surface area contributed by atoms with Gasteiger partial charge in [-0.25, -0.2) is 0 Å². The first-order valence-electron chi connectivity index (χ1n) is 2.51. The first kappa shape index (κ1) is 6.53. The van der Waals surface area contributed by atoms with E-state index in [2.05, 4.69) is 5.32 Å². The quantitative estimate of drug-likeness (QED) is 0.450. The first-order chi connectivity index (χ1) is 3.27. The van der Waals surface area contributed by atoms with Crippen molar-refractivity contribution in [2.45, 2.75) is 13.2 Å². The van der Waals surface area contributed by atoms with Crippen LogP contribution in [0.2, 0.25) is 6.32 Å². The Bertz CT molecular complexity index is 64.7. The third-order valence-corrected chi connectivity index (χ3v) is 0.624. The van der Waals surface area contributed by atoms with E-state index in [0.29, 0.717) is 0 Å². The third kappa shape index (κ3) is 5.53. The predicted molar refractivity (Wildman–Crippen MR) is 32.0 cm³/mol. The van der Waals surface area contributed by atoms with Gasteiger partial charge in [-0.2, -0.15) is 0 Å². The zero-order chi connectivity index (χ0) is 5.70. The number of nitrogens with one attached hydrogen (secondary N) is 1. The van der Waals surface area contributed by atoms with Gasteiger partial charge in [0.2, 0.25) is 5.91 Å². The Hall–Kier alpha value is -0.465. The van der Waals surface area contributed by atoms with E-state index in [0.717, 1.165) is 12.9 Å². The monoisotopic (exact) mass is 99.1 g/mol. The van der Waals surface area contributed by atoms with Crippen LogP contribution in [-0.4, -0.2) is 20.3 Å². The smallest absolute Gasteiger partial charge is 0.216 e. The Morgan fingerprint density at radius 1 is 1.86 bits per heavy atom. The van der Waals surface area contributed by atoms with E-state index in [-0.39, 0.29) is 5.91 Å². The predicted octanol–water partition coefficient (Wildman–Crippen LogP) is -0.826. The summed E-state index contributed by atoms with van der Waals surface area (Å²) in [6, 6.07) is 0. The number of hydrogen-bond acceptors (Lipinski definition) is 1. The molecule has 0 aromatic carbocycles. The highest BCUT2D eigenvalue weighted by atomic mass is 16.1. The van der Waals surface area contributed by atoms with Crippen molar-refractivity contribution < 1.29 is 4.79 Å². The molecule has 0 aliphatic rings. The summed E-state index contributed by atoms with van der Waals surface area (Å²) < 4.78 is 0. The van der Waals surface area contributed by atoms with Crippen molar-refractivity contribution >= 4 is 13.8 Å². The van der Waals surface area contributed by atoms with E-state index >= 15 is 0 Å². The van der Waals surface area contributed by atoms with Crippen LogP contribution in [0.15, 0.2) is 0 Å². The van der Waals surface area contributed by atoms with Gasteiger partial charge in [-0.3, -0.25) is 4.79 Å². The van der Waals surface area contributed by atoms with Gasteiger partial charge in [0.15, 0.2) is 0 Å². The minimum Gasteiger partial charge on any atom is -0.357 e. The standard InChI is InChI=1S/C4H10BNO/c1-4(7)6-3-2-5/h2-3,5H2,1H3,(H,6,7). The summed E-state index contributed by atoms with van der Waals surface area (Å²) in [5.41, 5.74) is 0. The highest BCUT2D eigenvalue weighted by Crippen LogP contribution is 1.64. The fourth-order valence-electron chi connectivity index (χ4n) is 0.301. The van der Waals surface area contributed by atoms with Crippen LogP contribution in [0.5, 0.6) is 0 Å². The minimum atomic E-state index is 0.0573. The molecule has 0 atom stereocenters. The lowest BCUT2D eigenvalue weighted by Gasteiger charge is -1.93. The van der Waals surface area contributed by atoms with Gasteiger partial charge < -0.3 is 5.32 Å². The van der Waals surface area contributed by atoms with Crippen molar-refractivity contribution in [3.05, 3.63) is 0 Å². The van der Waals surface area contributed by atoms with Crippen molar-refractivity contribution in [1.29, 1.82) is 0 Å². The fourth-order valence-corrected chi connectivity index (χ4v) is 0.301. The molecular formula is C4H10BNO. The highest BCUT2D eigenvalue weighted by molar-refractivity contribution is 6.08. The topological polar surface area (TPSA) is 29.1 Å². The molecular weight excluding hydrogens is 88.9 g/mol. The van der Waals surface area contributed by atoms with Gasteiger partial charge in [-0.1, -0.05) is 6.32 Å². The Labute approximate surface area is 44.7 Å². The summed E-state index contributed by atoms with van der Waals surface area (Å²) in [5, 5.41) is 2.66. The van der Waals surface area contributed by atoms with Crippen LogP contribution in [0.25, 0.3) is 0 Å². The lowest BCUT2D eigenvalue weighted by atomic mass is 10.1. The summed E-state index contributed by atoms with van der Waals surface area (Å²) >= 11 is 0. The zero-order valence-corrected chi connectivity index (χ0v) is 4.82. The molecule has 7 heavy (non-hydrogen) atoms. The second-order valence-electron chi connectivity index (χ2n) is 1.48. The maximum absolute atomic E-state index is 10.1. The number of hydrogen-bond donors (Lipinski definition) is 1. The van der Waals surface area contributed by atoms with Crippen LogP contribution in [0.1, 0.15) is 6.92 Å². The zero-order valence-electron chi connectivity index (χ0n) is 4.82. The summed E-state index contributed by atoms with van der Waals surface area (Å²) in [6.07, 6.45) is 1.01. The lowest BCUT2D eigenvalue weighted by molar-refractivity contribution is -0.118. The summed E-state index contributed by atoms with van der Waals surface area (Å²) in [4.78, 5) is 10.1. The Morgan fingerprint density at radius 2 is 2.43 bits per heavy atom. The van der Waals surface area contributed by atoms with Crippen LogP contribution >= 0.6 is 0 Å². The Balaban J connectivity index is 2.82. The van der Waals surface area contributed by atoms with Gasteiger partial charge in [-0.05, 0) is 0 Å². The molecule has 0 fully saturated rings. The van der Waals surface area contributed by atoms with Crippen LogP contribution < -0.4 is 5.32 Å². The maximum Gasteiger partial charge on any atom is 0.216 e. The highest BCUT2D eigenvalue weighted by Gasteiger charge is 1.83. The summed E-state index contributed by atoms with van der Waals surface area (Å²) in [6.45, 7) is 2.32. The van der Waals surface area contributed by atoms with E-state index in [1.165, 1.54) is 6.92 Å². The largest absolute Gasteiger partial charge is 0.357 e. The Kier molecular flexibility index (Phi) is 3.47. The van der Waals surface area contributed by atoms with Crippen LogP contribution in [0.3, 0.4) is 0 Å². The molecule has 1 N–H and O–H groups in total. The van der Waals surface area contributed by atoms with E-state index in [4.69, 9.17) is 0 Å². The van der Waals surface area contributed by atoms with Crippen molar-refractivity contribution in [3.8, 4) is 0 Å². The molecule has 0 aromatic heterocycles. The van der Waals surface area contributed by atoms with Gasteiger partial charge in [0, 0.05) is 13.5 Å². The summed E-state index contributed by atoms with van der Waals surface area (Å²) in [5.74, 6) is 0.0573. The van der Waals surface area contributed by atoms with E-state index in [1.807, 2.05) is 7.85 Å². The summed E-state index contributed by atoms with van der Waals surface area (Å²) in [7, 11) is 2.02. The molecule has 0 rings (SSSR count). The molecule has 0 unspecified atom stereocenters. The van der Waals surface area contributed by atoms with Gasteiger partial charge in [0.1, 0.15) is 7.85 Å². The van der Waals surface area contributed by atoms with Gasteiger partial charge in [-0.15, -0.1) is 0 Å². The van der Waals surface area contributed by atoms with Crippen molar-refractivity contribution in [2.24, 2.45) is 0 Å². The molecule has 0 aliphatic carbocycles. The molecule has 40 valence electrons. The minimum absolute atomic E-state index is 0.0573. The normalized spacial score (nSPS) is 8.14. The molecule has 0 heterocycles. The Morgan fingerprint density at radius 3 is 2.57 bits per heavy atom. The third-order valence-electron chi connectivity index (χ3n) is 0.624. The molecule has 0 spiro atoms. The molecule has 2 nitrogen and oxygen atoms in total. The van der Waals surface area contributed by atoms with Gasteiger partial charge in [0.25, 0.3) is 0 Å². The molecule has 0 saturated heterocycles. The second-order valence-corrected chi connectivity index (χ2v) is 1.48. The number of carbonyl (C=O) groups is 1. The average Bonchev–Trinajstić information content (AvgIpc) is 1.61. The SMILES string of the molecule is BCCNC(C)=O. The number of carbonyl (C=O) groups excluding carboxylic acids is 1. The first-order valence-corrected chi connectivity index (χ1v) is 2.51. The molecule has 0 saturated carbocycles. The molecule has 1 amide bonds.